The maximum Gasteiger partial charge on any atom is 0.235 e. The van der Waals surface area contributed by atoms with Gasteiger partial charge in [-0.15, -0.1) is 0 Å². The summed E-state index contributed by atoms with van der Waals surface area (Å²) in [4.78, 5) is 7.94. The Bertz CT molecular complexity index is 255. The van der Waals surface area contributed by atoms with Gasteiger partial charge in [0.25, 0.3) is 0 Å². The average molecular weight is 183 g/mol. The molecule has 0 radical (unpaired) electrons. The monoisotopic (exact) mass is 183 g/mol. The van der Waals surface area contributed by atoms with Crippen molar-refractivity contribution in [2.24, 2.45) is 5.73 Å². The Morgan fingerprint density at radius 1 is 1.31 bits per heavy atom. The smallest absolute Gasteiger partial charge is 0.235 e. The molecular formula is C8H13N3O2. The van der Waals surface area contributed by atoms with E-state index in [-0.39, 0.29) is 0 Å². The summed E-state index contributed by atoms with van der Waals surface area (Å²) < 4.78 is 10.3. The van der Waals surface area contributed by atoms with Crippen molar-refractivity contribution in [3.05, 3.63) is 12.4 Å². The van der Waals surface area contributed by atoms with E-state index in [1.807, 2.05) is 6.92 Å². The van der Waals surface area contributed by atoms with Crippen LogP contribution in [0.4, 0.5) is 0 Å². The van der Waals surface area contributed by atoms with Crippen molar-refractivity contribution in [1.29, 1.82) is 0 Å². The maximum absolute atomic E-state index is 5.27. The molecule has 5 nitrogen and oxygen atoms in total. The van der Waals surface area contributed by atoms with Crippen LogP contribution in [-0.2, 0) is 0 Å². The van der Waals surface area contributed by atoms with Crippen molar-refractivity contribution in [3.63, 3.8) is 0 Å². The first-order valence-corrected chi connectivity index (χ1v) is 4.14. The lowest BCUT2D eigenvalue weighted by molar-refractivity contribution is 0.291. The molecule has 1 aromatic rings. The molecular weight excluding hydrogens is 170 g/mol. The minimum Gasteiger partial charge on any atom is -0.477 e. The molecule has 0 saturated heterocycles. The highest BCUT2D eigenvalue weighted by Gasteiger charge is 1.98. The quantitative estimate of drug-likeness (QED) is 0.706. The summed E-state index contributed by atoms with van der Waals surface area (Å²) >= 11 is 0. The summed E-state index contributed by atoms with van der Waals surface area (Å²) in [6, 6.07) is 0. The van der Waals surface area contributed by atoms with Gasteiger partial charge < -0.3 is 15.2 Å². The van der Waals surface area contributed by atoms with Gasteiger partial charge in [0.15, 0.2) is 0 Å². The molecule has 0 bridgehead atoms. The second kappa shape index (κ2) is 5.31. The zero-order valence-electron chi connectivity index (χ0n) is 7.56. The van der Waals surface area contributed by atoms with Crippen LogP contribution in [0.3, 0.4) is 0 Å². The Kier molecular flexibility index (Phi) is 3.98. The van der Waals surface area contributed by atoms with Crippen LogP contribution >= 0.6 is 0 Å². The molecule has 0 aromatic carbocycles. The number of rotatable bonds is 5. The Hall–Kier alpha value is -1.36. The van der Waals surface area contributed by atoms with Gasteiger partial charge in [-0.2, -0.15) is 4.98 Å². The molecule has 0 saturated carbocycles. The van der Waals surface area contributed by atoms with Crippen LogP contribution in [0.25, 0.3) is 0 Å². The van der Waals surface area contributed by atoms with E-state index in [0.717, 1.165) is 0 Å². The van der Waals surface area contributed by atoms with Gasteiger partial charge in [-0.3, -0.25) is 4.98 Å². The summed E-state index contributed by atoms with van der Waals surface area (Å²) in [5.41, 5.74) is 5.27. The number of aromatic nitrogens is 2. The molecule has 1 aromatic heterocycles. The minimum atomic E-state index is 0.435. The van der Waals surface area contributed by atoms with Gasteiger partial charge in [-0.1, -0.05) is 0 Å². The molecule has 0 unspecified atom stereocenters. The first kappa shape index (κ1) is 9.73. The molecule has 0 aliphatic heterocycles. The standard InChI is InChI=1S/C8H13N3O2/c1-2-12-7-5-10-6-8(11-7)13-4-3-9/h5-6H,2-4,9H2,1H3. The topological polar surface area (TPSA) is 70.3 Å². The van der Waals surface area contributed by atoms with Crippen LogP contribution in [0.1, 0.15) is 6.92 Å². The van der Waals surface area contributed by atoms with Gasteiger partial charge >= 0.3 is 0 Å². The van der Waals surface area contributed by atoms with Crippen LogP contribution in [0, 0.1) is 0 Å². The van der Waals surface area contributed by atoms with E-state index >= 15 is 0 Å². The summed E-state index contributed by atoms with van der Waals surface area (Å²) in [5.74, 6) is 0.911. The third-order valence-corrected chi connectivity index (χ3v) is 1.25. The van der Waals surface area contributed by atoms with E-state index in [1.165, 1.54) is 6.20 Å². The van der Waals surface area contributed by atoms with E-state index < -0.39 is 0 Å². The Morgan fingerprint density at radius 3 is 2.62 bits per heavy atom. The maximum atomic E-state index is 5.27. The zero-order valence-corrected chi connectivity index (χ0v) is 7.56. The highest BCUT2D eigenvalue weighted by molar-refractivity contribution is 5.12. The average Bonchev–Trinajstić information content (AvgIpc) is 2.16. The third-order valence-electron chi connectivity index (χ3n) is 1.25. The molecule has 0 aliphatic carbocycles. The van der Waals surface area contributed by atoms with Crippen molar-refractivity contribution < 1.29 is 9.47 Å². The summed E-state index contributed by atoms with van der Waals surface area (Å²) in [5, 5.41) is 0. The van der Waals surface area contributed by atoms with E-state index in [2.05, 4.69) is 9.97 Å². The van der Waals surface area contributed by atoms with E-state index in [0.29, 0.717) is 31.5 Å². The summed E-state index contributed by atoms with van der Waals surface area (Å²) in [6.45, 7) is 3.34. The van der Waals surface area contributed by atoms with Gasteiger partial charge in [0.1, 0.15) is 6.61 Å². The highest BCUT2D eigenvalue weighted by atomic mass is 16.5. The number of nitrogens with zero attached hydrogens (tertiary/aromatic N) is 2. The molecule has 2 N–H and O–H groups in total. The zero-order chi connectivity index (χ0) is 9.52. The number of ether oxygens (including phenoxy) is 2. The fraction of sp³-hybridized carbons (Fsp3) is 0.500. The van der Waals surface area contributed by atoms with E-state index in [4.69, 9.17) is 15.2 Å². The normalized spacial score (nSPS) is 9.69. The SMILES string of the molecule is CCOc1cncc(OCCN)n1. The lowest BCUT2D eigenvalue weighted by atomic mass is 10.6. The number of hydrogen-bond donors (Lipinski definition) is 1. The van der Waals surface area contributed by atoms with Crippen LogP contribution in [0.5, 0.6) is 11.8 Å². The fourth-order valence-corrected chi connectivity index (χ4v) is 0.782. The van der Waals surface area contributed by atoms with Crippen molar-refractivity contribution >= 4 is 0 Å². The van der Waals surface area contributed by atoms with E-state index in [1.54, 1.807) is 6.20 Å². The first-order valence-electron chi connectivity index (χ1n) is 4.14. The van der Waals surface area contributed by atoms with Crippen molar-refractivity contribution in [2.75, 3.05) is 19.8 Å². The molecule has 13 heavy (non-hydrogen) atoms. The molecule has 1 heterocycles. The van der Waals surface area contributed by atoms with Crippen LogP contribution in [0.15, 0.2) is 12.4 Å². The van der Waals surface area contributed by atoms with Gasteiger partial charge in [0.2, 0.25) is 11.8 Å². The number of hydrogen-bond acceptors (Lipinski definition) is 5. The molecule has 72 valence electrons. The first-order chi connectivity index (χ1) is 6.36. The lowest BCUT2D eigenvalue weighted by Crippen LogP contribution is -2.11. The second-order valence-electron chi connectivity index (χ2n) is 2.27. The van der Waals surface area contributed by atoms with Crippen LogP contribution in [-0.4, -0.2) is 29.7 Å². The van der Waals surface area contributed by atoms with Gasteiger partial charge in [-0.05, 0) is 6.92 Å². The second-order valence-corrected chi connectivity index (χ2v) is 2.27. The Morgan fingerprint density at radius 2 is 2.00 bits per heavy atom. The third kappa shape index (κ3) is 3.25. The molecule has 0 atom stereocenters. The minimum absolute atomic E-state index is 0.435. The van der Waals surface area contributed by atoms with Gasteiger partial charge in [-0.25, -0.2) is 0 Å². The van der Waals surface area contributed by atoms with Crippen LogP contribution in [0.2, 0.25) is 0 Å². The van der Waals surface area contributed by atoms with E-state index in [9.17, 15) is 0 Å². The number of nitrogens with two attached hydrogens (primary N) is 1. The predicted octanol–water partition coefficient (Wildman–Crippen LogP) is 0.213. The highest BCUT2D eigenvalue weighted by Crippen LogP contribution is 2.10. The predicted molar refractivity (Wildman–Crippen MR) is 47.8 cm³/mol. The molecule has 0 spiro atoms. The Balaban J connectivity index is 2.56. The van der Waals surface area contributed by atoms with Crippen molar-refractivity contribution in [1.82, 2.24) is 9.97 Å². The molecule has 1 rings (SSSR count). The summed E-state index contributed by atoms with van der Waals surface area (Å²) in [7, 11) is 0. The lowest BCUT2D eigenvalue weighted by Gasteiger charge is -2.04. The molecule has 5 heteroatoms. The molecule has 0 aliphatic rings. The Labute approximate surface area is 76.9 Å². The summed E-state index contributed by atoms with van der Waals surface area (Å²) in [6.07, 6.45) is 3.07. The molecule has 0 amide bonds. The molecule has 0 fully saturated rings. The van der Waals surface area contributed by atoms with Crippen molar-refractivity contribution in [3.8, 4) is 11.8 Å². The van der Waals surface area contributed by atoms with Crippen LogP contribution < -0.4 is 15.2 Å². The largest absolute Gasteiger partial charge is 0.477 e. The van der Waals surface area contributed by atoms with Gasteiger partial charge in [0, 0.05) is 6.54 Å². The van der Waals surface area contributed by atoms with Crippen molar-refractivity contribution in [2.45, 2.75) is 6.92 Å². The fourth-order valence-electron chi connectivity index (χ4n) is 0.782. The van der Waals surface area contributed by atoms with Gasteiger partial charge in [0.05, 0.1) is 19.0 Å².